The molecule has 0 atom stereocenters. The van der Waals surface area contributed by atoms with Gasteiger partial charge >= 0.3 is 6.18 Å². The molecule has 0 spiro atoms. The molecule has 0 aliphatic carbocycles. The first-order valence-corrected chi connectivity index (χ1v) is 7.14. The highest BCUT2D eigenvalue weighted by Crippen LogP contribution is 2.29. The van der Waals surface area contributed by atoms with E-state index in [1.54, 1.807) is 12.1 Å². The van der Waals surface area contributed by atoms with E-state index in [0.29, 0.717) is 17.3 Å². The first-order valence-electron chi connectivity index (χ1n) is 6.77. The van der Waals surface area contributed by atoms with Crippen LogP contribution in [0.25, 0.3) is 0 Å². The van der Waals surface area contributed by atoms with Crippen molar-refractivity contribution in [2.24, 2.45) is 0 Å². The fourth-order valence-corrected chi connectivity index (χ4v) is 2.00. The van der Waals surface area contributed by atoms with Crippen molar-refractivity contribution in [2.75, 3.05) is 11.9 Å². The van der Waals surface area contributed by atoms with Crippen molar-refractivity contribution >= 4 is 23.2 Å². The number of anilines is 1. The third-order valence-electron chi connectivity index (χ3n) is 3.02. The van der Waals surface area contributed by atoms with Gasteiger partial charge in [-0.05, 0) is 42.0 Å². The van der Waals surface area contributed by atoms with E-state index >= 15 is 0 Å². The summed E-state index contributed by atoms with van der Waals surface area (Å²) in [5.74, 6) is -0.335. The van der Waals surface area contributed by atoms with Gasteiger partial charge in [-0.2, -0.15) is 13.2 Å². The molecular weight excluding hydrogens is 329 g/mol. The van der Waals surface area contributed by atoms with E-state index in [-0.39, 0.29) is 12.5 Å². The molecular formula is C16H14ClF3N2O. The Bertz CT molecular complexity index is 655. The molecule has 2 rings (SSSR count). The summed E-state index contributed by atoms with van der Waals surface area (Å²) in [6.07, 6.45) is -4.39. The van der Waals surface area contributed by atoms with Gasteiger partial charge in [-0.25, -0.2) is 0 Å². The molecule has 0 fully saturated rings. The van der Waals surface area contributed by atoms with Gasteiger partial charge in [0.2, 0.25) is 5.91 Å². The highest BCUT2D eigenvalue weighted by molar-refractivity contribution is 6.30. The maximum atomic E-state index is 12.4. The van der Waals surface area contributed by atoms with E-state index in [0.717, 1.165) is 17.7 Å². The van der Waals surface area contributed by atoms with Gasteiger partial charge in [0, 0.05) is 17.3 Å². The Balaban J connectivity index is 1.79. The molecule has 0 aromatic heterocycles. The minimum atomic E-state index is -4.39. The van der Waals surface area contributed by atoms with E-state index in [9.17, 15) is 18.0 Å². The molecule has 0 saturated heterocycles. The number of nitrogens with one attached hydrogen (secondary N) is 2. The third kappa shape index (κ3) is 5.58. The van der Waals surface area contributed by atoms with Crippen LogP contribution >= 0.6 is 11.6 Å². The summed E-state index contributed by atoms with van der Waals surface area (Å²) >= 11 is 5.77. The summed E-state index contributed by atoms with van der Waals surface area (Å²) in [5.41, 5.74) is 0.532. The lowest BCUT2D eigenvalue weighted by Gasteiger charge is -2.09. The number of benzene rings is 2. The topological polar surface area (TPSA) is 41.1 Å². The van der Waals surface area contributed by atoms with Gasteiger partial charge in [0.1, 0.15) is 0 Å². The van der Waals surface area contributed by atoms with Gasteiger partial charge in [-0.15, -0.1) is 0 Å². The number of alkyl halides is 3. The zero-order chi connectivity index (χ0) is 16.9. The van der Waals surface area contributed by atoms with Gasteiger partial charge in [-0.1, -0.05) is 23.7 Å². The van der Waals surface area contributed by atoms with Crippen LogP contribution in [0.4, 0.5) is 18.9 Å². The molecule has 3 nitrogen and oxygen atoms in total. The molecule has 0 saturated carbocycles. The lowest BCUT2D eigenvalue weighted by Crippen LogP contribution is -2.27. The Labute approximate surface area is 136 Å². The monoisotopic (exact) mass is 342 g/mol. The van der Waals surface area contributed by atoms with Crippen molar-refractivity contribution in [3.63, 3.8) is 0 Å². The number of carbonyl (C=O) groups excluding carboxylic acids is 1. The normalized spacial score (nSPS) is 11.3. The van der Waals surface area contributed by atoms with E-state index in [4.69, 9.17) is 11.6 Å². The number of hydrogen-bond donors (Lipinski definition) is 2. The van der Waals surface area contributed by atoms with Crippen molar-refractivity contribution < 1.29 is 18.0 Å². The molecule has 0 aliphatic heterocycles. The second kappa shape index (κ2) is 7.48. The lowest BCUT2D eigenvalue weighted by atomic mass is 10.2. The molecule has 0 aliphatic rings. The van der Waals surface area contributed by atoms with Gasteiger partial charge in [-0.3, -0.25) is 4.79 Å². The minimum absolute atomic E-state index is 0.0453. The largest absolute Gasteiger partial charge is 0.416 e. The highest BCUT2D eigenvalue weighted by atomic mass is 35.5. The zero-order valence-corrected chi connectivity index (χ0v) is 12.7. The number of amides is 1. The Kier molecular flexibility index (Phi) is 5.63. The summed E-state index contributed by atoms with van der Waals surface area (Å²) in [5, 5.41) is 6.10. The number of halogens is 4. The Hall–Kier alpha value is -2.05. The smallest absolute Gasteiger partial charge is 0.325 e. The molecule has 0 unspecified atom stereocenters. The van der Waals surface area contributed by atoms with Gasteiger partial charge in [0.05, 0.1) is 12.1 Å². The fourth-order valence-electron chi connectivity index (χ4n) is 1.87. The van der Waals surface area contributed by atoms with Crippen LogP contribution in [-0.2, 0) is 17.5 Å². The molecule has 0 bridgehead atoms. The molecule has 122 valence electrons. The second-order valence-corrected chi connectivity index (χ2v) is 5.29. The van der Waals surface area contributed by atoms with Crippen LogP contribution < -0.4 is 10.6 Å². The Morgan fingerprint density at radius 2 is 1.61 bits per heavy atom. The molecule has 23 heavy (non-hydrogen) atoms. The summed E-state index contributed by atoms with van der Waals surface area (Å²) in [7, 11) is 0. The molecule has 0 radical (unpaired) electrons. The second-order valence-electron chi connectivity index (χ2n) is 4.85. The average molecular weight is 343 g/mol. The summed E-state index contributed by atoms with van der Waals surface area (Å²) in [4.78, 5) is 11.7. The van der Waals surface area contributed by atoms with Crippen molar-refractivity contribution in [1.29, 1.82) is 0 Å². The van der Waals surface area contributed by atoms with E-state index < -0.39 is 11.7 Å². The van der Waals surface area contributed by atoms with Crippen LogP contribution in [0.3, 0.4) is 0 Å². The van der Waals surface area contributed by atoms with E-state index in [1.165, 1.54) is 12.1 Å². The number of hydrogen-bond acceptors (Lipinski definition) is 2. The molecule has 1 amide bonds. The van der Waals surface area contributed by atoms with Crippen molar-refractivity contribution in [3.8, 4) is 0 Å². The molecule has 2 N–H and O–H groups in total. The lowest BCUT2D eigenvalue weighted by molar-refractivity contribution is -0.137. The predicted octanol–water partition coefficient (Wildman–Crippen LogP) is 4.09. The molecule has 0 heterocycles. The van der Waals surface area contributed by atoms with Crippen molar-refractivity contribution in [3.05, 3.63) is 64.7 Å². The standard InChI is InChI=1S/C16H14ClF3N2O/c17-13-5-1-11(2-6-13)9-21-10-15(23)22-14-7-3-12(4-8-14)16(18,19)20/h1-8,21H,9-10H2,(H,22,23). The van der Waals surface area contributed by atoms with E-state index in [1.807, 2.05) is 12.1 Å². The predicted molar refractivity (Wildman–Crippen MR) is 83.2 cm³/mol. The first-order chi connectivity index (χ1) is 10.8. The van der Waals surface area contributed by atoms with Gasteiger partial charge in [0.15, 0.2) is 0 Å². The Morgan fingerprint density at radius 3 is 2.17 bits per heavy atom. The third-order valence-corrected chi connectivity index (χ3v) is 3.28. The average Bonchev–Trinajstić information content (AvgIpc) is 2.49. The highest BCUT2D eigenvalue weighted by Gasteiger charge is 2.29. The molecule has 2 aromatic rings. The maximum Gasteiger partial charge on any atom is 0.416 e. The van der Waals surface area contributed by atoms with Crippen LogP contribution in [0.15, 0.2) is 48.5 Å². The number of rotatable bonds is 5. The zero-order valence-electron chi connectivity index (χ0n) is 12.0. The SMILES string of the molecule is O=C(CNCc1ccc(Cl)cc1)Nc1ccc(C(F)(F)F)cc1. The summed E-state index contributed by atoms with van der Waals surface area (Å²) in [6.45, 7) is 0.529. The van der Waals surface area contributed by atoms with Crippen LogP contribution in [0.5, 0.6) is 0 Å². The molecule has 2 aromatic carbocycles. The quantitative estimate of drug-likeness (QED) is 0.859. The van der Waals surface area contributed by atoms with Crippen molar-refractivity contribution in [2.45, 2.75) is 12.7 Å². The van der Waals surface area contributed by atoms with Gasteiger partial charge < -0.3 is 10.6 Å². The first kappa shape index (κ1) is 17.3. The van der Waals surface area contributed by atoms with Gasteiger partial charge in [0.25, 0.3) is 0 Å². The number of carbonyl (C=O) groups is 1. The van der Waals surface area contributed by atoms with Crippen LogP contribution in [0.1, 0.15) is 11.1 Å². The Morgan fingerprint density at radius 1 is 1.00 bits per heavy atom. The summed E-state index contributed by atoms with van der Waals surface area (Å²) < 4.78 is 37.3. The maximum absolute atomic E-state index is 12.4. The summed E-state index contributed by atoms with van der Waals surface area (Å²) in [6, 6.07) is 11.5. The minimum Gasteiger partial charge on any atom is -0.325 e. The fraction of sp³-hybridized carbons (Fsp3) is 0.188. The van der Waals surface area contributed by atoms with Crippen LogP contribution in [0.2, 0.25) is 5.02 Å². The van der Waals surface area contributed by atoms with Crippen LogP contribution in [0, 0.1) is 0 Å². The van der Waals surface area contributed by atoms with Crippen LogP contribution in [-0.4, -0.2) is 12.5 Å². The van der Waals surface area contributed by atoms with E-state index in [2.05, 4.69) is 10.6 Å². The van der Waals surface area contributed by atoms with Crippen molar-refractivity contribution in [1.82, 2.24) is 5.32 Å². The molecule has 7 heteroatoms.